The van der Waals surface area contributed by atoms with Gasteiger partial charge < -0.3 is 14.5 Å². The lowest BCUT2D eigenvalue weighted by molar-refractivity contribution is -0.146. The van der Waals surface area contributed by atoms with Gasteiger partial charge in [0.25, 0.3) is 5.91 Å². The van der Waals surface area contributed by atoms with Crippen LogP contribution in [0.5, 0.6) is 0 Å². The van der Waals surface area contributed by atoms with Gasteiger partial charge in [-0.3, -0.25) is 14.4 Å². The Kier molecular flexibility index (Phi) is 6.59. The summed E-state index contributed by atoms with van der Waals surface area (Å²) in [6, 6.07) is 5.63. The Labute approximate surface area is 168 Å². The first kappa shape index (κ1) is 20.6. The van der Waals surface area contributed by atoms with Gasteiger partial charge in [0, 0.05) is 37.4 Å². The van der Waals surface area contributed by atoms with Crippen LogP contribution < -0.4 is 0 Å². The first-order valence-corrected chi connectivity index (χ1v) is 10.6. The van der Waals surface area contributed by atoms with E-state index in [-0.39, 0.29) is 41.3 Å². The zero-order chi connectivity index (χ0) is 20.1. The Balaban J connectivity index is 1.58. The van der Waals surface area contributed by atoms with Gasteiger partial charge in [0.05, 0.1) is 17.9 Å². The van der Waals surface area contributed by atoms with E-state index >= 15 is 0 Å². The molecule has 8 heteroatoms. The molecule has 0 saturated carbocycles. The molecule has 0 aliphatic carbocycles. The maximum atomic E-state index is 13.2. The normalized spacial score (nSPS) is 18.4. The van der Waals surface area contributed by atoms with Crippen LogP contribution in [-0.2, 0) is 14.3 Å². The minimum atomic E-state index is -0.364. The Bertz CT molecular complexity index is 732. The highest BCUT2D eigenvalue weighted by Crippen LogP contribution is 2.44. The van der Waals surface area contributed by atoms with Crippen molar-refractivity contribution in [3.05, 3.63) is 35.6 Å². The van der Waals surface area contributed by atoms with Crippen molar-refractivity contribution in [2.75, 3.05) is 32.0 Å². The summed E-state index contributed by atoms with van der Waals surface area (Å²) in [5.41, 5.74) is 0.483. The molecule has 28 heavy (non-hydrogen) atoms. The van der Waals surface area contributed by atoms with Gasteiger partial charge in [0.1, 0.15) is 5.82 Å². The van der Waals surface area contributed by atoms with Gasteiger partial charge in [-0.05, 0) is 44.0 Å². The number of piperidine rings is 1. The second-order valence-electron chi connectivity index (χ2n) is 6.94. The molecule has 2 aliphatic rings. The molecule has 0 aromatic heterocycles. The number of halogens is 1. The molecule has 2 aliphatic heterocycles. The van der Waals surface area contributed by atoms with Crippen LogP contribution >= 0.6 is 11.8 Å². The van der Waals surface area contributed by atoms with Crippen LogP contribution in [0.3, 0.4) is 0 Å². The maximum absolute atomic E-state index is 13.2. The second-order valence-corrected chi connectivity index (χ2v) is 8.40. The van der Waals surface area contributed by atoms with Gasteiger partial charge in [-0.15, -0.1) is 11.8 Å². The fourth-order valence-electron chi connectivity index (χ4n) is 3.76. The third kappa shape index (κ3) is 4.48. The van der Waals surface area contributed by atoms with Crippen molar-refractivity contribution < 1.29 is 23.5 Å². The molecule has 152 valence electrons. The lowest BCUT2D eigenvalue weighted by atomic mass is 10.0. The molecule has 6 nitrogen and oxygen atoms in total. The Morgan fingerprint density at radius 2 is 1.79 bits per heavy atom. The highest BCUT2D eigenvalue weighted by atomic mass is 32.2. The molecule has 0 bridgehead atoms. The van der Waals surface area contributed by atoms with Gasteiger partial charge >= 0.3 is 5.97 Å². The Morgan fingerprint density at radius 1 is 1.11 bits per heavy atom. The number of carbonyl (C=O) groups excluding carboxylic acids is 3. The molecule has 2 saturated heterocycles. The summed E-state index contributed by atoms with van der Waals surface area (Å²) in [5, 5.41) is 0. The highest BCUT2D eigenvalue weighted by molar-refractivity contribution is 8.00. The van der Waals surface area contributed by atoms with Crippen LogP contribution in [0.1, 0.15) is 43.0 Å². The van der Waals surface area contributed by atoms with E-state index < -0.39 is 0 Å². The fraction of sp³-hybridized carbons (Fsp3) is 0.550. The van der Waals surface area contributed by atoms with Crippen molar-refractivity contribution in [3.63, 3.8) is 0 Å². The average Bonchev–Trinajstić information content (AvgIpc) is 3.10. The van der Waals surface area contributed by atoms with Crippen molar-refractivity contribution in [1.82, 2.24) is 9.80 Å². The zero-order valence-corrected chi connectivity index (χ0v) is 16.8. The lowest BCUT2D eigenvalue weighted by Gasteiger charge is -2.44. The minimum Gasteiger partial charge on any atom is -0.466 e. The van der Waals surface area contributed by atoms with Crippen LogP contribution in [0, 0.1) is 5.82 Å². The molecule has 1 aromatic rings. The van der Waals surface area contributed by atoms with Crippen LogP contribution in [0.25, 0.3) is 0 Å². The predicted molar refractivity (Wildman–Crippen MR) is 104 cm³/mol. The van der Waals surface area contributed by atoms with E-state index in [9.17, 15) is 18.8 Å². The SMILES string of the molecule is CCOC(=O)CCC(=O)N1CCC2(CC1)SCCN2C(=O)c1ccc(F)cc1. The number of hydrogen-bond acceptors (Lipinski definition) is 5. The van der Waals surface area contributed by atoms with E-state index in [0.717, 1.165) is 5.75 Å². The average molecular weight is 408 g/mol. The van der Waals surface area contributed by atoms with Gasteiger partial charge in [-0.25, -0.2) is 4.39 Å². The molecule has 0 N–H and O–H groups in total. The summed E-state index contributed by atoms with van der Waals surface area (Å²) < 4.78 is 18.0. The summed E-state index contributed by atoms with van der Waals surface area (Å²) in [6.07, 6.45) is 1.63. The third-order valence-electron chi connectivity index (χ3n) is 5.26. The van der Waals surface area contributed by atoms with Gasteiger partial charge in [0.2, 0.25) is 5.91 Å². The van der Waals surface area contributed by atoms with Gasteiger partial charge in [-0.1, -0.05) is 0 Å². The van der Waals surface area contributed by atoms with Crippen LogP contribution in [-0.4, -0.2) is 64.4 Å². The predicted octanol–water partition coefficient (Wildman–Crippen LogP) is 2.68. The monoisotopic (exact) mass is 408 g/mol. The van der Waals surface area contributed by atoms with Crippen LogP contribution in [0.4, 0.5) is 4.39 Å². The van der Waals surface area contributed by atoms with Gasteiger partial charge in [-0.2, -0.15) is 0 Å². The van der Waals surface area contributed by atoms with E-state index in [4.69, 9.17) is 4.74 Å². The number of nitrogens with zero attached hydrogens (tertiary/aromatic N) is 2. The smallest absolute Gasteiger partial charge is 0.306 e. The summed E-state index contributed by atoms with van der Waals surface area (Å²) >= 11 is 1.76. The molecule has 3 rings (SSSR count). The van der Waals surface area contributed by atoms with E-state index in [1.165, 1.54) is 24.3 Å². The molecule has 0 radical (unpaired) electrons. The van der Waals surface area contributed by atoms with Crippen LogP contribution in [0.15, 0.2) is 24.3 Å². The quantitative estimate of drug-likeness (QED) is 0.701. The van der Waals surface area contributed by atoms with Crippen molar-refractivity contribution in [2.24, 2.45) is 0 Å². The minimum absolute atomic E-state index is 0.0534. The fourth-order valence-corrected chi connectivity index (χ4v) is 5.22. The number of thioether (sulfide) groups is 1. The summed E-state index contributed by atoms with van der Waals surface area (Å²) in [4.78, 5) is 40.1. The lowest BCUT2D eigenvalue weighted by Crippen LogP contribution is -2.53. The van der Waals surface area contributed by atoms with E-state index in [1.54, 1.807) is 23.6 Å². The highest BCUT2D eigenvalue weighted by Gasteiger charge is 2.47. The summed E-state index contributed by atoms with van der Waals surface area (Å²) in [5.74, 6) is -0.0122. The number of carbonyl (C=O) groups is 3. The number of amides is 2. The van der Waals surface area contributed by atoms with Gasteiger partial charge in [0.15, 0.2) is 0 Å². The zero-order valence-electron chi connectivity index (χ0n) is 16.0. The van der Waals surface area contributed by atoms with Crippen molar-refractivity contribution >= 4 is 29.5 Å². The van der Waals surface area contributed by atoms with Crippen molar-refractivity contribution in [1.29, 1.82) is 0 Å². The van der Waals surface area contributed by atoms with E-state index in [2.05, 4.69) is 0 Å². The van der Waals surface area contributed by atoms with E-state index in [0.29, 0.717) is 44.6 Å². The molecule has 0 atom stereocenters. The Morgan fingerprint density at radius 3 is 2.43 bits per heavy atom. The van der Waals surface area contributed by atoms with E-state index in [1.807, 2.05) is 4.90 Å². The number of benzene rings is 1. The number of hydrogen-bond donors (Lipinski definition) is 0. The van der Waals surface area contributed by atoms with Crippen molar-refractivity contribution in [2.45, 2.75) is 37.5 Å². The largest absolute Gasteiger partial charge is 0.466 e. The molecule has 0 unspecified atom stereocenters. The molecule has 1 aromatic carbocycles. The number of rotatable bonds is 5. The molecule has 2 heterocycles. The third-order valence-corrected chi connectivity index (χ3v) is 6.81. The first-order valence-electron chi connectivity index (χ1n) is 9.60. The number of esters is 1. The molecule has 2 fully saturated rings. The number of likely N-dealkylation sites (tertiary alicyclic amines) is 1. The molecule has 1 spiro atoms. The van der Waals surface area contributed by atoms with Crippen molar-refractivity contribution in [3.8, 4) is 0 Å². The second kappa shape index (κ2) is 8.94. The molecule has 2 amide bonds. The molecular weight excluding hydrogens is 383 g/mol. The summed E-state index contributed by atoms with van der Waals surface area (Å²) in [7, 11) is 0. The topological polar surface area (TPSA) is 66.9 Å². The number of ether oxygens (including phenoxy) is 1. The van der Waals surface area contributed by atoms with Crippen LogP contribution in [0.2, 0.25) is 0 Å². The first-order chi connectivity index (χ1) is 13.4. The Hall–Kier alpha value is -2.09. The summed E-state index contributed by atoms with van der Waals surface area (Å²) in [6.45, 7) is 3.82. The maximum Gasteiger partial charge on any atom is 0.306 e. The molecular formula is C20H25FN2O4S. The standard InChI is InChI=1S/C20H25FN2O4S/c1-2-27-18(25)8-7-17(24)22-11-9-20(10-12-22)23(13-14-28-20)19(26)15-3-5-16(21)6-4-15/h3-6H,2,7-14H2,1H3.